The lowest BCUT2D eigenvalue weighted by Gasteiger charge is -2.02. The zero-order valence-corrected chi connectivity index (χ0v) is 13.0. The number of thiophene rings is 1. The summed E-state index contributed by atoms with van der Waals surface area (Å²) in [5, 5.41) is 3.81. The molecule has 1 heterocycles. The van der Waals surface area contributed by atoms with E-state index in [1.54, 1.807) is 11.8 Å². The van der Waals surface area contributed by atoms with E-state index in [0.29, 0.717) is 17.1 Å². The highest BCUT2D eigenvalue weighted by atomic mass is 79.9. The molecule has 3 nitrogen and oxygen atoms in total. The van der Waals surface area contributed by atoms with Gasteiger partial charge in [-0.3, -0.25) is 4.79 Å². The molecular weight excluding hydrogens is 332 g/mol. The zero-order chi connectivity index (χ0) is 13.1. The zero-order valence-electron chi connectivity index (χ0n) is 9.83. The van der Waals surface area contributed by atoms with Crippen molar-refractivity contribution in [1.82, 2.24) is 5.32 Å². The van der Waals surface area contributed by atoms with Gasteiger partial charge in [0.25, 0.3) is 5.91 Å². The number of rotatable bonds is 4. The third-order valence-corrected chi connectivity index (χ3v) is 4.78. The number of hydrogen-bond donors (Lipinski definition) is 2. The van der Waals surface area contributed by atoms with Gasteiger partial charge in [-0.15, -0.1) is 11.3 Å². The van der Waals surface area contributed by atoms with E-state index in [4.69, 9.17) is 5.73 Å². The Morgan fingerprint density at radius 2 is 2.33 bits per heavy atom. The molecule has 0 fully saturated rings. The van der Waals surface area contributed by atoms with E-state index < -0.39 is 0 Å². The van der Waals surface area contributed by atoms with Crippen LogP contribution < -0.4 is 11.1 Å². The number of benzene rings is 1. The highest BCUT2D eigenvalue weighted by Gasteiger charge is 2.15. The molecule has 1 aromatic carbocycles. The normalized spacial score (nSPS) is 10.8. The molecule has 0 aliphatic rings. The Morgan fingerprint density at radius 3 is 3.06 bits per heavy atom. The third kappa shape index (κ3) is 2.81. The van der Waals surface area contributed by atoms with Crippen molar-refractivity contribution in [3.8, 4) is 0 Å². The van der Waals surface area contributed by atoms with Crippen LogP contribution in [-0.4, -0.2) is 24.5 Å². The molecule has 1 amide bonds. The van der Waals surface area contributed by atoms with Gasteiger partial charge >= 0.3 is 0 Å². The molecule has 0 saturated carbocycles. The molecule has 0 aliphatic heterocycles. The first-order valence-corrected chi connectivity index (χ1v) is 8.38. The summed E-state index contributed by atoms with van der Waals surface area (Å²) in [5.41, 5.74) is 6.60. The number of carbonyl (C=O) groups is 1. The van der Waals surface area contributed by atoms with E-state index in [1.807, 2.05) is 24.5 Å². The minimum absolute atomic E-state index is 0.0844. The van der Waals surface area contributed by atoms with Crippen LogP contribution in [0.2, 0.25) is 0 Å². The second-order valence-corrected chi connectivity index (χ2v) is 6.69. The quantitative estimate of drug-likeness (QED) is 0.836. The second-order valence-electron chi connectivity index (χ2n) is 3.73. The van der Waals surface area contributed by atoms with Crippen LogP contribution in [0, 0.1) is 0 Å². The average Bonchev–Trinajstić information content (AvgIpc) is 2.67. The number of thioether (sulfide) groups is 1. The third-order valence-electron chi connectivity index (χ3n) is 2.49. The first-order chi connectivity index (χ1) is 8.63. The molecule has 0 spiro atoms. The fourth-order valence-electron chi connectivity index (χ4n) is 1.60. The van der Waals surface area contributed by atoms with E-state index in [-0.39, 0.29) is 5.91 Å². The lowest BCUT2D eigenvalue weighted by molar-refractivity contribution is 0.0961. The smallest absolute Gasteiger partial charge is 0.263 e. The molecule has 0 aliphatic carbocycles. The predicted molar refractivity (Wildman–Crippen MR) is 84.7 cm³/mol. The maximum absolute atomic E-state index is 12.0. The predicted octanol–water partition coefficient (Wildman–Crippen LogP) is 3.34. The van der Waals surface area contributed by atoms with Gasteiger partial charge in [0, 0.05) is 26.9 Å². The maximum atomic E-state index is 12.0. The van der Waals surface area contributed by atoms with Crippen molar-refractivity contribution in [1.29, 1.82) is 0 Å². The molecule has 0 unspecified atom stereocenters. The number of nitrogens with two attached hydrogens (primary N) is 1. The van der Waals surface area contributed by atoms with Crippen molar-refractivity contribution in [2.75, 3.05) is 24.3 Å². The molecule has 0 atom stereocenters. The van der Waals surface area contributed by atoms with Crippen molar-refractivity contribution < 1.29 is 4.79 Å². The summed E-state index contributed by atoms with van der Waals surface area (Å²) in [7, 11) is 0. The number of anilines is 1. The Hall–Kier alpha value is -0.720. The van der Waals surface area contributed by atoms with Gasteiger partial charge in [-0.05, 0) is 24.5 Å². The largest absolute Gasteiger partial charge is 0.397 e. The number of nitrogens with one attached hydrogen (secondary N) is 1. The molecule has 0 saturated heterocycles. The monoisotopic (exact) mass is 344 g/mol. The molecule has 0 bridgehead atoms. The number of amides is 1. The average molecular weight is 345 g/mol. The van der Waals surface area contributed by atoms with Crippen molar-refractivity contribution in [3.63, 3.8) is 0 Å². The summed E-state index contributed by atoms with van der Waals surface area (Å²) in [6, 6.07) is 5.87. The lowest BCUT2D eigenvalue weighted by Crippen LogP contribution is -2.25. The first kappa shape index (κ1) is 13.7. The highest BCUT2D eigenvalue weighted by Crippen LogP contribution is 2.35. The summed E-state index contributed by atoms with van der Waals surface area (Å²) < 4.78 is 2.00. The Balaban J connectivity index is 2.28. The van der Waals surface area contributed by atoms with Gasteiger partial charge in [-0.25, -0.2) is 0 Å². The molecule has 2 rings (SSSR count). The summed E-state index contributed by atoms with van der Waals surface area (Å²) in [5.74, 6) is 0.820. The van der Waals surface area contributed by atoms with E-state index in [0.717, 1.165) is 20.3 Å². The molecule has 2 aromatic rings. The van der Waals surface area contributed by atoms with Gasteiger partial charge in [0.05, 0.1) is 5.69 Å². The van der Waals surface area contributed by atoms with Crippen LogP contribution in [0.25, 0.3) is 10.1 Å². The number of nitrogen functional groups attached to an aromatic ring is 1. The van der Waals surface area contributed by atoms with Crippen LogP contribution in [0.1, 0.15) is 9.67 Å². The number of halogens is 1. The van der Waals surface area contributed by atoms with Crippen LogP contribution >= 0.6 is 39.0 Å². The van der Waals surface area contributed by atoms with Gasteiger partial charge in [0.1, 0.15) is 4.88 Å². The molecule has 18 heavy (non-hydrogen) atoms. The Morgan fingerprint density at radius 1 is 1.56 bits per heavy atom. The van der Waals surface area contributed by atoms with Gasteiger partial charge < -0.3 is 11.1 Å². The fraction of sp³-hybridized carbons (Fsp3) is 0.250. The minimum Gasteiger partial charge on any atom is -0.397 e. The second kappa shape index (κ2) is 5.95. The number of hydrogen-bond acceptors (Lipinski definition) is 4. The Labute approximate surface area is 122 Å². The maximum Gasteiger partial charge on any atom is 0.263 e. The molecular formula is C12H13BrN2OS2. The Kier molecular flexibility index (Phi) is 4.53. The van der Waals surface area contributed by atoms with Crippen LogP contribution in [0.4, 0.5) is 5.69 Å². The van der Waals surface area contributed by atoms with Crippen LogP contribution in [0.15, 0.2) is 22.7 Å². The van der Waals surface area contributed by atoms with Crippen LogP contribution in [0.5, 0.6) is 0 Å². The molecule has 1 aromatic heterocycles. The summed E-state index contributed by atoms with van der Waals surface area (Å²) >= 11 is 6.55. The molecule has 0 radical (unpaired) electrons. The standard InChI is InChI=1S/C12H13BrN2OS2/c1-17-5-4-15-12(16)11-10(14)8-6-7(13)2-3-9(8)18-11/h2-3,6H,4-5,14H2,1H3,(H,15,16). The van der Waals surface area contributed by atoms with E-state index in [2.05, 4.69) is 21.2 Å². The molecule has 6 heteroatoms. The summed E-state index contributed by atoms with van der Waals surface area (Å²) in [6.07, 6.45) is 2.01. The van der Waals surface area contributed by atoms with E-state index in [9.17, 15) is 4.79 Å². The first-order valence-electron chi connectivity index (χ1n) is 5.38. The van der Waals surface area contributed by atoms with Crippen molar-refractivity contribution in [2.45, 2.75) is 0 Å². The van der Waals surface area contributed by atoms with Crippen LogP contribution in [0.3, 0.4) is 0 Å². The van der Waals surface area contributed by atoms with Gasteiger partial charge in [0.2, 0.25) is 0 Å². The summed E-state index contributed by atoms with van der Waals surface area (Å²) in [4.78, 5) is 12.6. The number of carbonyl (C=O) groups excluding carboxylic acids is 1. The number of fused-ring (bicyclic) bond motifs is 1. The summed E-state index contributed by atoms with van der Waals surface area (Å²) in [6.45, 7) is 0.664. The van der Waals surface area contributed by atoms with Crippen molar-refractivity contribution in [2.24, 2.45) is 0 Å². The van der Waals surface area contributed by atoms with Crippen molar-refractivity contribution in [3.05, 3.63) is 27.5 Å². The van der Waals surface area contributed by atoms with Crippen LogP contribution in [-0.2, 0) is 0 Å². The van der Waals surface area contributed by atoms with E-state index >= 15 is 0 Å². The van der Waals surface area contributed by atoms with Gasteiger partial charge in [-0.1, -0.05) is 15.9 Å². The SMILES string of the molecule is CSCCNC(=O)c1sc2ccc(Br)cc2c1N. The van der Waals surface area contributed by atoms with Gasteiger partial charge in [-0.2, -0.15) is 11.8 Å². The Bertz CT molecular complexity index is 583. The topological polar surface area (TPSA) is 55.1 Å². The van der Waals surface area contributed by atoms with Gasteiger partial charge in [0.15, 0.2) is 0 Å². The molecule has 3 N–H and O–H groups in total. The molecule has 96 valence electrons. The fourth-order valence-corrected chi connectivity index (χ4v) is 3.29. The lowest BCUT2D eigenvalue weighted by atomic mass is 10.2. The highest BCUT2D eigenvalue weighted by molar-refractivity contribution is 9.10. The van der Waals surface area contributed by atoms with E-state index in [1.165, 1.54) is 11.3 Å². The van der Waals surface area contributed by atoms with Crippen molar-refractivity contribution >= 4 is 60.7 Å². The minimum atomic E-state index is -0.0844.